The van der Waals surface area contributed by atoms with Crippen LogP contribution in [0.1, 0.15) is 31.2 Å². The summed E-state index contributed by atoms with van der Waals surface area (Å²) in [5.74, 6) is -1.47. The predicted molar refractivity (Wildman–Crippen MR) is 75.1 cm³/mol. The van der Waals surface area contributed by atoms with E-state index in [2.05, 4.69) is 4.72 Å². The molecule has 128 valence electrons. The van der Waals surface area contributed by atoms with Crippen LogP contribution in [-0.2, 0) is 21.0 Å². The van der Waals surface area contributed by atoms with E-state index in [9.17, 15) is 26.4 Å². The Labute approximate surface area is 131 Å². The van der Waals surface area contributed by atoms with Gasteiger partial charge in [0.2, 0.25) is 10.0 Å². The van der Waals surface area contributed by atoms with E-state index in [0.717, 1.165) is 18.2 Å². The summed E-state index contributed by atoms with van der Waals surface area (Å²) in [4.78, 5) is 10.0. The Balaban J connectivity index is 2.17. The van der Waals surface area contributed by atoms with Gasteiger partial charge in [-0.05, 0) is 37.8 Å². The fraction of sp³-hybridized carbons (Fsp3) is 0.500. The van der Waals surface area contributed by atoms with E-state index in [0.29, 0.717) is 12.8 Å². The average molecular weight is 351 g/mol. The van der Waals surface area contributed by atoms with Gasteiger partial charge >= 0.3 is 12.1 Å². The van der Waals surface area contributed by atoms with Gasteiger partial charge in [0.05, 0.1) is 16.4 Å². The van der Waals surface area contributed by atoms with Crippen molar-refractivity contribution < 1.29 is 31.5 Å². The first kappa shape index (κ1) is 17.7. The predicted octanol–water partition coefficient (Wildman–Crippen LogP) is 2.63. The minimum Gasteiger partial charge on any atom is -0.481 e. The maximum Gasteiger partial charge on any atom is 0.417 e. The highest BCUT2D eigenvalue weighted by Crippen LogP contribution is 2.34. The fourth-order valence-electron chi connectivity index (χ4n) is 2.68. The zero-order valence-corrected chi connectivity index (χ0v) is 12.8. The molecule has 0 unspecified atom stereocenters. The van der Waals surface area contributed by atoms with E-state index >= 15 is 0 Å². The fourth-order valence-corrected chi connectivity index (χ4v) is 4.21. The molecule has 9 heteroatoms. The molecule has 23 heavy (non-hydrogen) atoms. The van der Waals surface area contributed by atoms with Crippen molar-refractivity contribution in [2.45, 2.75) is 42.8 Å². The van der Waals surface area contributed by atoms with Gasteiger partial charge in [-0.25, -0.2) is 13.1 Å². The monoisotopic (exact) mass is 351 g/mol. The van der Waals surface area contributed by atoms with Gasteiger partial charge in [-0.2, -0.15) is 13.2 Å². The van der Waals surface area contributed by atoms with Crippen LogP contribution in [-0.4, -0.2) is 25.5 Å². The number of rotatable bonds is 4. The highest BCUT2D eigenvalue weighted by atomic mass is 32.2. The number of sulfonamides is 1. The van der Waals surface area contributed by atoms with Gasteiger partial charge in [0.15, 0.2) is 0 Å². The largest absolute Gasteiger partial charge is 0.481 e. The number of nitrogens with one attached hydrogen (secondary N) is 1. The van der Waals surface area contributed by atoms with Crippen molar-refractivity contribution in [1.82, 2.24) is 4.72 Å². The zero-order chi connectivity index (χ0) is 17.3. The van der Waals surface area contributed by atoms with Gasteiger partial charge in [0.25, 0.3) is 0 Å². The topological polar surface area (TPSA) is 83.5 Å². The molecule has 2 rings (SSSR count). The van der Waals surface area contributed by atoms with Crippen LogP contribution in [0.3, 0.4) is 0 Å². The number of carboxylic acids is 1. The van der Waals surface area contributed by atoms with Crippen molar-refractivity contribution in [3.8, 4) is 0 Å². The summed E-state index contributed by atoms with van der Waals surface area (Å²) >= 11 is 0. The lowest BCUT2D eigenvalue weighted by atomic mass is 9.87. The van der Waals surface area contributed by atoms with Crippen LogP contribution in [0.4, 0.5) is 13.2 Å². The first-order valence-corrected chi connectivity index (χ1v) is 8.51. The number of benzene rings is 1. The van der Waals surface area contributed by atoms with Gasteiger partial charge in [-0.1, -0.05) is 12.1 Å². The van der Waals surface area contributed by atoms with Crippen LogP contribution in [0.5, 0.6) is 0 Å². The highest BCUT2D eigenvalue weighted by molar-refractivity contribution is 7.89. The standard InChI is InChI=1S/C14H16F3NO4S/c15-14(16,17)11-3-1-2-4-12(11)23(21,22)18-10-7-5-9(6-8-10)13(19)20/h1-4,9-10,18H,5-8H2,(H,19,20). The molecule has 0 saturated heterocycles. The second-order valence-corrected chi connectivity index (χ2v) is 7.18. The van der Waals surface area contributed by atoms with Crippen LogP contribution in [0.25, 0.3) is 0 Å². The Kier molecular flexibility index (Phi) is 5.00. The SMILES string of the molecule is O=C(O)C1CCC(NS(=O)(=O)c2ccccc2C(F)(F)F)CC1. The Morgan fingerprint density at radius 2 is 1.70 bits per heavy atom. The Morgan fingerprint density at radius 3 is 2.22 bits per heavy atom. The van der Waals surface area contributed by atoms with Crippen LogP contribution in [0.2, 0.25) is 0 Å². The molecule has 1 aromatic rings. The molecule has 1 aromatic carbocycles. The molecule has 0 spiro atoms. The first-order valence-electron chi connectivity index (χ1n) is 7.02. The minimum atomic E-state index is -4.77. The van der Waals surface area contributed by atoms with E-state index in [1.165, 1.54) is 6.07 Å². The summed E-state index contributed by atoms with van der Waals surface area (Å²) in [7, 11) is -4.33. The lowest BCUT2D eigenvalue weighted by Gasteiger charge is -2.27. The summed E-state index contributed by atoms with van der Waals surface area (Å²) in [6.07, 6.45) is -3.62. The summed E-state index contributed by atoms with van der Waals surface area (Å²) < 4.78 is 65.6. The number of alkyl halides is 3. The van der Waals surface area contributed by atoms with Crippen molar-refractivity contribution in [3.63, 3.8) is 0 Å². The maximum absolute atomic E-state index is 12.9. The second-order valence-electron chi connectivity index (χ2n) is 5.50. The van der Waals surface area contributed by atoms with Crippen molar-refractivity contribution >= 4 is 16.0 Å². The molecular weight excluding hydrogens is 335 g/mol. The van der Waals surface area contributed by atoms with Crippen LogP contribution in [0, 0.1) is 5.92 Å². The number of halogens is 3. The third-order valence-electron chi connectivity index (χ3n) is 3.88. The Morgan fingerprint density at radius 1 is 1.13 bits per heavy atom. The van der Waals surface area contributed by atoms with Crippen molar-refractivity contribution in [2.75, 3.05) is 0 Å². The molecule has 1 saturated carbocycles. The van der Waals surface area contributed by atoms with Gasteiger partial charge in [-0.15, -0.1) is 0 Å². The second kappa shape index (κ2) is 6.48. The number of aliphatic carboxylic acids is 1. The molecule has 2 N–H and O–H groups in total. The molecule has 0 heterocycles. The Bertz CT molecular complexity index is 680. The van der Waals surface area contributed by atoms with Gasteiger partial charge in [0, 0.05) is 6.04 Å². The lowest BCUT2D eigenvalue weighted by Crippen LogP contribution is -2.39. The maximum atomic E-state index is 12.9. The number of carboxylic acid groups (broad SMARTS) is 1. The summed E-state index contributed by atoms with van der Waals surface area (Å²) in [6, 6.07) is 3.42. The number of hydrogen-bond acceptors (Lipinski definition) is 3. The summed E-state index contributed by atoms with van der Waals surface area (Å²) in [6.45, 7) is 0. The molecule has 0 aromatic heterocycles. The zero-order valence-electron chi connectivity index (χ0n) is 12.0. The van der Waals surface area contributed by atoms with E-state index in [1.54, 1.807) is 0 Å². The average Bonchev–Trinajstić information content (AvgIpc) is 2.46. The van der Waals surface area contributed by atoms with E-state index in [1.807, 2.05) is 0 Å². The van der Waals surface area contributed by atoms with E-state index in [4.69, 9.17) is 5.11 Å². The van der Waals surface area contributed by atoms with Crippen LogP contribution < -0.4 is 4.72 Å². The highest BCUT2D eigenvalue weighted by Gasteiger charge is 2.38. The summed E-state index contributed by atoms with van der Waals surface area (Å²) in [5, 5.41) is 8.90. The smallest absolute Gasteiger partial charge is 0.417 e. The normalized spacial score (nSPS) is 22.7. The van der Waals surface area contributed by atoms with Gasteiger partial charge in [0.1, 0.15) is 0 Å². The van der Waals surface area contributed by atoms with Crippen LogP contribution in [0.15, 0.2) is 29.2 Å². The third kappa shape index (κ3) is 4.23. The van der Waals surface area contributed by atoms with Crippen molar-refractivity contribution in [1.29, 1.82) is 0 Å². The van der Waals surface area contributed by atoms with E-state index in [-0.39, 0.29) is 12.8 Å². The molecule has 0 bridgehead atoms. The van der Waals surface area contributed by atoms with Crippen molar-refractivity contribution in [2.24, 2.45) is 5.92 Å². The van der Waals surface area contributed by atoms with Crippen LogP contribution >= 0.6 is 0 Å². The lowest BCUT2D eigenvalue weighted by molar-refractivity contribution is -0.143. The molecule has 0 atom stereocenters. The molecule has 1 aliphatic carbocycles. The number of carbonyl (C=O) groups is 1. The third-order valence-corrected chi connectivity index (χ3v) is 5.46. The molecule has 0 radical (unpaired) electrons. The minimum absolute atomic E-state index is 0.282. The van der Waals surface area contributed by atoms with Crippen molar-refractivity contribution in [3.05, 3.63) is 29.8 Å². The molecule has 5 nitrogen and oxygen atoms in total. The molecular formula is C14H16F3NO4S. The van der Waals surface area contributed by atoms with E-state index < -0.39 is 44.6 Å². The van der Waals surface area contributed by atoms with Gasteiger partial charge in [-0.3, -0.25) is 4.79 Å². The summed E-state index contributed by atoms with van der Waals surface area (Å²) in [5.41, 5.74) is -1.22. The Hall–Kier alpha value is -1.61. The quantitative estimate of drug-likeness (QED) is 0.873. The molecule has 0 amide bonds. The first-order chi connectivity index (χ1) is 10.6. The number of hydrogen-bond donors (Lipinski definition) is 2. The van der Waals surface area contributed by atoms with Gasteiger partial charge < -0.3 is 5.11 Å². The molecule has 1 aliphatic rings. The molecule has 0 aliphatic heterocycles. The molecule has 1 fully saturated rings.